The number of rotatable bonds is 9. The van der Waals surface area contributed by atoms with Crippen LogP contribution in [0.25, 0.3) is 11.1 Å². The van der Waals surface area contributed by atoms with Crippen LogP contribution >= 0.6 is 0 Å². The predicted octanol–water partition coefficient (Wildman–Crippen LogP) is 6.80. The van der Waals surface area contributed by atoms with Gasteiger partial charge < -0.3 is 20.1 Å². The Morgan fingerprint density at radius 2 is 1.74 bits per heavy atom. The largest absolute Gasteiger partial charge is 0.508 e. The van der Waals surface area contributed by atoms with Gasteiger partial charge in [0.2, 0.25) is 0 Å². The quantitative estimate of drug-likeness (QED) is 0.233. The lowest BCUT2D eigenvalue weighted by Crippen LogP contribution is -2.37. The van der Waals surface area contributed by atoms with Gasteiger partial charge in [-0.2, -0.15) is 10.1 Å². The number of morpholine rings is 1. The molecule has 0 saturated carbocycles. The van der Waals surface area contributed by atoms with Gasteiger partial charge in [0, 0.05) is 24.5 Å². The minimum atomic E-state index is -0.475. The molecule has 0 spiro atoms. The number of aromatic hydroxyl groups is 1. The first-order valence-corrected chi connectivity index (χ1v) is 13.1. The molecule has 1 aromatic heterocycles. The van der Waals surface area contributed by atoms with Gasteiger partial charge in [0.05, 0.1) is 26.0 Å². The number of phenols is 1. The summed E-state index contributed by atoms with van der Waals surface area (Å²) in [4.78, 5) is 10.1. The molecule has 200 valence electrons. The summed E-state index contributed by atoms with van der Waals surface area (Å²) in [7, 11) is 0. The molecular weight excluding hydrogens is 495 g/mol. The monoisotopic (exact) mass is 526 g/mol. The molecule has 4 aromatic rings. The van der Waals surface area contributed by atoms with Crippen LogP contribution in [0.1, 0.15) is 24.5 Å². The third kappa shape index (κ3) is 6.74. The standard InChI is InChI=1S/C30H31FN6O2/c1-2-5-21-16-26(34-25-8-3-6-22(17-25)23-7-4-9-27(38)18-23)11-10-24(21)19-33-36-30-32-20-28(31)29(35-30)37-12-14-39-15-13-37/h3-4,6-11,16-18,20,34,38H,2,5,12-15,19H2,1H3. The first-order valence-electron chi connectivity index (χ1n) is 13.1. The number of ether oxygens (including phenoxy) is 1. The average molecular weight is 527 g/mol. The maximum absolute atomic E-state index is 14.3. The summed E-state index contributed by atoms with van der Waals surface area (Å²) in [6, 6.07) is 21.5. The van der Waals surface area contributed by atoms with Gasteiger partial charge in [-0.1, -0.05) is 43.7 Å². The third-order valence-corrected chi connectivity index (χ3v) is 6.48. The SMILES string of the molecule is CCCc1cc(Nc2cccc(-c3cccc(O)c3)c2)ccc1CN=Nc1ncc(F)c(N2CCOCC2)n1. The maximum atomic E-state index is 14.3. The lowest BCUT2D eigenvalue weighted by Gasteiger charge is -2.27. The van der Waals surface area contributed by atoms with Crippen molar-refractivity contribution in [2.45, 2.75) is 26.3 Å². The minimum absolute atomic E-state index is 0.139. The second kappa shape index (κ2) is 12.4. The van der Waals surface area contributed by atoms with Crippen LogP contribution in [0.4, 0.5) is 27.5 Å². The number of nitrogens with zero attached hydrogens (tertiary/aromatic N) is 5. The van der Waals surface area contributed by atoms with Crippen molar-refractivity contribution in [2.75, 3.05) is 36.5 Å². The molecule has 2 heterocycles. The highest BCUT2D eigenvalue weighted by Gasteiger charge is 2.17. The van der Waals surface area contributed by atoms with Crippen LogP contribution in [0, 0.1) is 5.82 Å². The molecular formula is C30H31FN6O2. The van der Waals surface area contributed by atoms with Gasteiger partial charge in [-0.3, -0.25) is 0 Å². The van der Waals surface area contributed by atoms with Crippen LogP contribution in [0.5, 0.6) is 5.75 Å². The van der Waals surface area contributed by atoms with Crippen molar-refractivity contribution in [1.29, 1.82) is 0 Å². The van der Waals surface area contributed by atoms with E-state index in [0.717, 1.165) is 47.1 Å². The molecule has 5 rings (SSSR count). The Hall–Kier alpha value is -4.37. The maximum Gasteiger partial charge on any atom is 0.270 e. The molecule has 0 radical (unpaired) electrons. The topological polar surface area (TPSA) is 95.2 Å². The number of phenolic OH excluding ortho intramolecular Hbond substituents is 1. The van der Waals surface area contributed by atoms with Crippen LogP contribution in [0.3, 0.4) is 0 Å². The first-order chi connectivity index (χ1) is 19.1. The van der Waals surface area contributed by atoms with E-state index in [1.54, 1.807) is 12.1 Å². The van der Waals surface area contributed by atoms with Crippen molar-refractivity contribution in [2.24, 2.45) is 10.2 Å². The Labute approximate surface area is 227 Å². The fourth-order valence-electron chi connectivity index (χ4n) is 4.56. The first kappa shape index (κ1) is 26.2. The molecule has 0 atom stereocenters. The Kier molecular flexibility index (Phi) is 8.38. The molecule has 0 bridgehead atoms. The summed E-state index contributed by atoms with van der Waals surface area (Å²) in [5.41, 5.74) is 6.14. The fraction of sp³-hybridized carbons (Fsp3) is 0.267. The molecule has 39 heavy (non-hydrogen) atoms. The van der Waals surface area contributed by atoms with Crippen LogP contribution in [0.15, 0.2) is 83.2 Å². The van der Waals surface area contributed by atoms with Crippen molar-refractivity contribution >= 4 is 23.1 Å². The predicted molar refractivity (Wildman–Crippen MR) is 151 cm³/mol. The van der Waals surface area contributed by atoms with Gasteiger partial charge in [-0.15, -0.1) is 5.11 Å². The average Bonchev–Trinajstić information content (AvgIpc) is 2.96. The van der Waals surface area contributed by atoms with Crippen LogP contribution in [-0.2, 0) is 17.7 Å². The summed E-state index contributed by atoms with van der Waals surface area (Å²) in [5.74, 6) is 0.139. The van der Waals surface area contributed by atoms with Crippen molar-refractivity contribution in [3.63, 3.8) is 0 Å². The lowest BCUT2D eigenvalue weighted by atomic mass is 10.0. The van der Waals surface area contributed by atoms with Gasteiger partial charge in [0.25, 0.3) is 5.95 Å². The Balaban J connectivity index is 1.29. The Morgan fingerprint density at radius 1 is 0.974 bits per heavy atom. The molecule has 0 amide bonds. The van der Waals surface area contributed by atoms with Gasteiger partial charge in [0.1, 0.15) is 5.75 Å². The Morgan fingerprint density at radius 3 is 2.54 bits per heavy atom. The number of anilines is 3. The molecule has 8 nitrogen and oxygen atoms in total. The normalized spacial score (nSPS) is 13.6. The molecule has 3 aromatic carbocycles. The van der Waals surface area contributed by atoms with E-state index in [1.165, 1.54) is 5.56 Å². The molecule has 1 saturated heterocycles. The van der Waals surface area contributed by atoms with Crippen molar-refractivity contribution in [1.82, 2.24) is 9.97 Å². The van der Waals surface area contributed by atoms with E-state index >= 15 is 0 Å². The van der Waals surface area contributed by atoms with Gasteiger partial charge in [-0.05, 0) is 65.1 Å². The van der Waals surface area contributed by atoms with E-state index in [2.05, 4.69) is 50.6 Å². The van der Waals surface area contributed by atoms with Crippen LogP contribution < -0.4 is 10.2 Å². The van der Waals surface area contributed by atoms with E-state index in [1.807, 2.05) is 41.3 Å². The highest BCUT2D eigenvalue weighted by atomic mass is 19.1. The van der Waals surface area contributed by atoms with E-state index in [9.17, 15) is 9.50 Å². The summed E-state index contributed by atoms with van der Waals surface area (Å²) >= 11 is 0. The van der Waals surface area contributed by atoms with E-state index in [0.29, 0.717) is 32.8 Å². The summed E-state index contributed by atoms with van der Waals surface area (Å²) in [6.07, 6.45) is 3.03. The van der Waals surface area contributed by atoms with Crippen molar-refractivity contribution in [3.8, 4) is 16.9 Å². The van der Waals surface area contributed by atoms with Crippen LogP contribution in [-0.4, -0.2) is 41.4 Å². The Bertz CT molecular complexity index is 1460. The third-order valence-electron chi connectivity index (χ3n) is 6.48. The minimum Gasteiger partial charge on any atom is -0.508 e. The summed E-state index contributed by atoms with van der Waals surface area (Å²) in [6.45, 7) is 4.74. The highest BCUT2D eigenvalue weighted by Crippen LogP contribution is 2.28. The van der Waals surface area contributed by atoms with E-state index in [4.69, 9.17) is 4.74 Å². The number of nitrogens with one attached hydrogen (secondary N) is 1. The highest BCUT2D eigenvalue weighted by molar-refractivity contribution is 5.72. The zero-order valence-corrected chi connectivity index (χ0v) is 21.8. The molecule has 1 aliphatic rings. The van der Waals surface area contributed by atoms with E-state index in [-0.39, 0.29) is 17.5 Å². The smallest absolute Gasteiger partial charge is 0.270 e. The number of halogens is 1. The summed E-state index contributed by atoms with van der Waals surface area (Å²) in [5, 5.41) is 21.8. The lowest BCUT2D eigenvalue weighted by molar-refractivity contribution is 0.122. The fourth-order valence-corrected chi connectivity index (χ4v) is 4.56. The molecule has 1 fully saturated rings. The molecule has 2 N–H and O–H groups in total. The van der Waals surface area contributed by atoms with Crippen molar-refractivity contribution < 1.29 is 14.2 Å². The number of benzene rings is 3. The van der Waals surface area contributed by atoms with Gasteiger partial charge in [0.15, 0.2) is 11.6 Å². The van der Waals surface area contributed by atoms with Gasteiger partial charge >= 0.3 is 0 Å². The van der Waals surface area contributed by atoms with Crippen molar-refractivity contribution in [3.05, 3.63) is 89.9 Å². The van der Waals surface area contributed by atoms with Crippen LogP contribution in [0.2, 0.25) is 0 Å². The number of aromatic nitrogens is 2. The molecule has 9 heteroatoms. The summed E-state index contributed by atoms with van der Waals surface area (Å²) < 4.78 is 19.6. The zero-order chi connectivity index (χ0) is 27.0. The number of hydrogen-bond acceptors (Lipinski definition) is 8. The van der Waals surface area contributed by atoms with Gasteiger partial charge in [-0.25, -0.2) is 9.37 Å². The number of hydrogen-bond donors (Lipinski definition) is 2. The molecule has 0 aliphatic carbocycles. The number of azo groups is 1. The zero-order valence-electron chi connectivity index (χ0n) is 21.8. The van der Waals surface area contributed by atoms with E-state index < -0.39 is 5.82 Å². The number of aryl methyl sites for hydroxylation is 1. The second-order valence-electron chi connectivity index (χ2n) is 9.33. The second-order valence-corrected chi connectivity index (χ2v) is 9.33. The molecule has 0 unspecified atom stereocenters. The molecule has 1 aliphatic heterocycles.